The number of rotatable bonds is 6. The fourth-order valence-electron chi connectivity index (χ4n) is 1.91. The van der Waals surface area contributed by atoms with Gasteiger partial charge in [-0.3, -0.25) is 0 Å². The Morgan fingerprint density at radius 1 is 1.00 bits per heavy atom. The van der Waals surface area contributed by atoms with Crippen LogP contribution in [-0.2, 0) is 0 Å². The summed E-state index contributed by atoms with van der Waals surface area (Å²) in [7, 11) is 0. The van der Waals surface area contributed by atoms with Gasteiger partial charge in [-0.05, 0) is 29.8 Å². The van der Waals surface area contributed by atoms with Crippen molar-refractivity contribution in [3.63, 3.8) is 0 Å². The van der Waals surface area contributed by atoms with Crippen molar-refractivity contribution in [3.05, 3.63) is 71.7 Å². The van der Waals surface area contributed by atoms with Crippen molar-refractivity contribution in [2.24, 2.45) is 0 Å². The van der Waals surface area contributed by atoms with Gasteiger partial charge in [0.1, 0.15) is 24.2 Å². The molecule has 112 valence electrons. The quantitative estimate of drug-likeness (QED) is 0.746. The second-order valence-electron chi connectivity index (χ2n) is 4.61. The van der Waals surface area contributed by atoms with E-state index in [9.17, 15) is 5.11 Å². The molecule has 3 aromatic rings. The van der Waals surface area contributed by atoms with E-state index in [2.05, 4.69) is 4.98 Å². The summed E-state index contributed by atoms with van der Waals surface area (Å²) in [5.41, 5.74) is 0.839. The van der Waals surface area contributed by atoms with Crippen LogP contribution in [0.5, 0.6) is 16.7 Å². The van der Waals surface area contributed by atoms with Gasteiger partial charge in [0.05, 0.1) is 0 Å². The molecule has 0 fully saturated rings. The van der Waals surface area contributed by atoms with Gasteiger partial charge in [-0.15, -0.1) is 0 Å². The topological polar surface area (TPSA) is 51.6 Å². The zero-order valence-corrected chi connectivity index (χ0v) is 12.6. The monoisotopic (exact) mass is 313 g/mol. The maximum atomic E-state index is 10.1. The van der Waals surface area contributed by atoms with E-state index in [0.29, 0.717) is 16.7 Å². The van der Waals surface area contributed by atoms with E-state index in [0.717, 1.165) is 5.56 Å². The first-order valence-corrected chi connectivity index (χ1v) is 7.72. The Balaban J connectivity index is 1.55. The Morgan fingerprint density at radius 3 is 2.41 bits per heavy atom. The predicted octanol–water partition coefficient (Wildman–Crippen LogP) is 4.05. The minimum atomic E-state index is -0.646. The Kier molecular flexibility index (Phi) is 4.68. The number of aliphatic hydroxyl groups is 1. The summed E-state index contributed by atoms with van der Waals surface area (Å²) >= 11 is 1.44. The first kappa shape index (κ1) is 14.6. The standard InChI is InChI=1S/C17H15NO3S/c19-16(13-4-2-1-3-5-13)12-20-14-6-8-15(9-7-14)21-17-18-10-11-22-17/h1-11,16,19H,12H2. The number of nitrogens with zero attached hydrogens (tertiary/aromatic N) is 1. The number of hydrogen-bond acceptors (Lipinski definition) is 5. The van der Waals surface area contributed by atoms with Crippen LogP contribution in [0.3, 0.4) is 0 Å². The Hall–Kier alpha value is -2.37. The second kappa shape index (κ2) is 7.06. The van der Waals surface area contributed by atoms with Crippen LogP contribution in [-0.4, -0.2) is 16.7 Å². The molecular weight excluding hydrogens is 298 g/mol. The molecule has 0 spiro atoms. The van der Waals surface area contributed by atoms with Crippen LogP contribution in [0.2, 0.25) is 0 Å². The highest BCUT2D eigenvalue weighted by atomic mass is 32.1. The molecule has 1 atom stereocenters. The van der Waals surface area contributed by atoms with E-state index in [1.54, 1.807) is 18.3 Å². The summed E-state index contributed by atoms with van der Waals surface area (Å²) in [4.78, 5) is 4.06. The minimum Gasteiger partial charge on any atom is -0.491 e. The zero-order valence-electron chi connectivity index (χ0n) is 11.8. The van der Waals surface area contributed by atoms with Crippen molar-refractivity contribution in [1.29, 1.82) is 0 Å². The third kappa shape index (κ3) is 3.84. The maximum absolute atomic E-state index is 10.1. The van der Waals surface area contributed by atoms with Crippen molar-refractivity contribution in [1.82, 2.24) is 4.98 Å². The van der Waals surface area contributed by atoms with Crippen molar-refractivity contribution >= 4 is 11.3 Å². The Bertz CT molecular complexity index is 684. The SMILES string of the molecule is OC(COc1ccc(Oc2nccs2)cc1)c1ccccc1. The molecule has 3 rings (SSSR count). The lowest BCUT2D eigenvalue weighted by molar-refractivity contribution is 0.108. The van der Waals surface area contributed by atoms with Crippen molar-refractivity contribution < 1.29 is 14.6 Å². The molecule has 0 aliphatic carbocycles. The van der Waals surface area contributed by atoms with Gasteiger partial charge in [-0.25, -0.2) is 4.98 Å². The molecule has 0 saturated carbocycles. The largest absolute Gasteiger partial charge is 0.491 e. The first-order chi connectivity index (χ1) is 10.8. The number of hydrogen-bond donors (Lipinski definition) is 1. The van der Waals surface area contributed by atoms with E-state index >= 15 is 0 Å². The fourth-order valence-corrected chi connectivity index (χ4v) is 2.42. The predicted molar refractivity (Wildman–Crippen MR) is 85.5 cm³/mol. The van der Waals surface area contributed by atoms with E-state index in [1.807, 2.05) is 47.8 Å². The molecule has 1 heterocycles. The van der Waals surface area contributed by atoms with Gasteiger partial charge >= 0.3 is 0 Å². The number of aromatic nitrogens is 1. The van der Waals surface area contributed by atoms with E-state index < -0.39 is 6.10 Å². The maximum Gasteiger partial charge on any atom is 0.278 e. The van der Waals surface area contributed by atoms with Crippen LogP contribution < -0.4 is 9.47 Å². The lowest BCUT2D eigenvalue weighted by Crippen LogP contribution is -2.09. The van der Waals surface area contributed by atoms with Gasteiger partial charge in [0.25, 0.3) is 5.19 Å². The highest BCUT2D eigenvalue weighted by Gasteiger charge is 2.08. The Labute approximate surface area is 132 Å². The molecule has 0 saturated heterocycles. The summed E-state index contributed by atoms with van der Waals surface area (Å²) in [6.45, 7) is 0.205. The molecule has 0 amide bonds. The number of aliphatic hydroxyl groups excluding tert-OH is 1. The van der Waals surface area contributed by atoms with Crippen molar-refractivity contribution in [2.45, 2.75) is 6.10 Å². The zero-order chi connectivity index (χ0) is 15.2. The summed E-state index contributed by atoms with van der Waals surface area (Å²) in [6.07, 6.45) is 1.05. The van der Waals surface area contributed by atoms with Crippen molar-refractivity contribution in [3.8, 4) is 16.7 Å². The molecule has 2 aromatic carbocycles. The van der Waals surface area contributed by atoms with Crippen LogP contribution in [0.25, 0.3) is 0 Å². The Morgan fingerprint density at radius 2 is 1.73 bits per heavy atom. The van der Waals surface area contributed by atoms with Gasteiger partial charge in [0, 0.05) is 11.6 Å². The normalized spacial score (nSPS) is 11.9. The minimum absolute atomic E-state index is 0.205. The highest BCUT2D eigenvalue weighted by Crippen LogP contribution is 2.25. The number of thiazole rings is 1. The van der Waals surface area contributed by atoms with Gasteiger partial charge in [-0.2, -0.15) is 0 Å². The molecule has 1 unspecified atom stereocenters. The molecule has 4 nitrogen and oxygen atoms in total. The molecule has 1 aromatic heterocycles. The van der Waals surface area contributed by atoms with E-state index in [-0.39, 0.29) is 6.61 Å². The van der Waals surface area contributed by atoms with Gasteiger partial charge < -0.3 is 14.6 Å². The molecule has 0 bridgehead atoms. The molecule has 0 aliphatic heterocycles. The smallest absolute Gasteiger partial charge is 0.278 e. The fraction of sp³-hybridized carbons (Fsp3) is 0.118. The summed E-state index contributed by atoms with van der Waals surface area (Å²) in [6, 6.07) is 16.7. The number of benzene rings is 2. The average molecular weight is 313 g/mol. The summed E-state index contributed by atoms with van der Waals surface area (Å²) < 4.78 is 11.2. The lowest BCUT2D eigenvalue weighted by Gasteiger charge is -2.12. The average Bonchev–Trinajstić information content (AvgIpc) is 3.08. The molecule has 0 radical (unpaired) electrons. The molecule has 5 heteroatoms. The molecular formula is C17H15NO3S. The third-order valence-electron chi connectivity index (χ3n) is 3.03. The summed E-state index contributed by atoms with van der Waals surface area (Å²) in [5, 5.41) is 12.5. The third-order valence-corrected chi connectivity index (χ3v) is 3.68. The first-order valence-electron chi connectivity index (χ1n) is 6.84. The lowest BCUT2D eigenvalue weighted by atomic mass is 10.1. The van der Waals surface area contributed by atoms with Crippen LogP contribution >= 0.6 is 11.3 Å². The highest BCUT2D eigenvalue weighted by molar-refractivity contribution is 7.11. The van der Waals surface area contributed by atoms with Gasteiger partial charge in [-0.1, -0.05) is 41.7 Å². The molecule has 0 aliphatic rings. The van der Waals surface area contributed by atoms with Crippen molar-refractivity contribution in [2.75, 3.05) is 6.61 Å². The molecule has 1 N–H and O–H groups in total. The van der Waals surface area contributed by atoms with Crippen LogP contribution in [0, 0.1) is 0 Å². The second-order valence-corrected chi connectivity index (χ2v) is 5.47. The van der Waals surface area contributed by atoms with E-state index in [1.165, 1.54) is 11.3 Å². The summed E-state index contributed by atoms with van der Waals surface area (Å²) in [5.74, 6) is 1.38. The van der Waals surface area contributed by atoms with Crippen LogP contribution in [0.1, 0.15) is 11.7 Å². The van der Waals surface area contributed by atoms with Gasteiger partial charge in [0.2, 0.25) is 0 Å². The van der Waals surface area contributed by atoms with Gasteiger partial charge in [0.15, 0.2) is 0 Å². The number of ether oxygens (including phenoxy) is 2. The van der Waals surface area contributed by atoms with Crippen LogP contribution in [0.15, 0.2) is 66.2 Å². The molecule has 22 heavy (non-hydrogen) atoms. The van der Waals surface area contributed by atoms with E-state index in [4.69, 9.17) is 9.47 Å². The van der Waals surface area contributed by atoms with Crippen LogP contribution in [0.4, 0.5) is 0 Å².